The highest BCUT2D eigenvalue weighted by atomic mass is 35.5. The highest BCUT2D eigenvalue weighted by molar-refractivity contribution is 6.31. The van der Waals surface area contributed by atoms with E-state index in [9.17, 15) is 0 Å². The Labute approximate surface area is 185 Å². The van der Waals surface area contributed by atoms with Gasteiger partial charge in [0.15, 0.2) is 0 Å². The van der Waals surface area contributed by atoms with Crippen molar-refractivity contribution in [2.24, 2.45) is 0 Å². The first-order chi connectivity index (χ1) is 14.6. The Bertz CT molecular complexity index is 1170. The molecule has 0 radical (unpaired) electrons. The molecule has 2 N–H and O–H groups in total. The molecule has 0 amide bonds. The van der Waals surface area contributed by atoms with Crippen LogP contribution in [0.15, 0.2) is 97.1 Å². The molecule has 4 aromatic rings. The molecule has 0 saturated heterocycles. The van der Waals surface area contributed by atoms with Crippen LogP contribution in [-0.4, -0.2) is 0 Å². The van der Waals surface area contributed by atoms with Crippen molar-refractivity contribution in [2.45, 2.75) is 11.1 Å². The molecule has 0 fully saturated rings. The molecule has 2 aliphatic heterocycles. The Hall–Kier alpha value is -2.94. The first kappa shape index (κ1) is 17.9. The zero-order valence-electron chi connectivity index (χ0n) is 16.0. The Balaban J connectivity index is 1.79. The number of anilines is 2. The molecule has 0 aliphatic carbocycles. The number of hydrogen-bond donors (Lipinski definition) is 2. The summed E-state index contributed by atoms with van der Waals surface area (Å²) < 4.78 is 0. The standard InChI is InChI=1S/C26H18Cl2N2/c27-19-11-13-23-21(15-19)25(17-7-3-1-4-8-17)26(30-23,18-9-5-2-6-10-18)22-16-20(28)12-14-24(22)29-25/h1-16,29-30H/t25-,26-/m0/s1. The van der Waals surface area contributed by atoms with Crippen LogP contribution in [0.5, 0.6) is 0 Å². The lowest BCUT2D eigenvalue weighted by Gasteiger charge is -2.42. The predicted octanol–water partition coefficient (Wildman–Crippen LogP) is 7.03. The van der Waals surface area contributed by atoms with Crippen molar-refractivity contribution in [3.05, 3.63) is 129 Å². The van der Waals surface area contributed by atoms with E-state index in [4.69, 9.17) is 23.2 Å². The minimum atomic E-state index is -0.580. The number of hydrogen-bond acceptors (Lipinski definition) is 2. The van der Waals surface area contributed by atoms with E-state index in [0.29, 0.717) is 10.0 Å². The molecule has 0 bridgehead atoms. The van der Waals surface area contributed by atoms with Gasteiger partial charge >= 0.3 is 0 Å². The zero-order chi connectivity index (χ0) is 20.3. The molecule has 30 heavy (non-hydrogen) atoms. The maximum absolute atomic E-state index is 6.51. The molecule has 0 aromatic heterocycles. The van der Waals surface area contributed by atoms with Gasteiger partial charge in [-0.1, -0.05) is 83.9 Å². The molecule has 2 atom stereocenters. The van der Waals surface area contributed by atoms with Crippen molar-refractivity contribution in [2.75, 3.05) is 10.6 Å². The van der Waals surface area contributed by atoms with E-state index in [1.807, 2.05) is 24.3 Å². The van der Waals surface area contributed by atoms with Gasteiger partial charge < -0.3 is 10.6 Å². The van der Waals surface area contributed by atoms with E-state index in [-0.39, 0.29) is 0 Å². The van der Waals surface area contributed by atoms with Gasteiger partial charge in [0.2, 0.25) is 0 Å². The van der Waals surface area contributed by atoms with Gasteiger partial charge in [0.05, 0.1) is 0 Å². The van der Waals surface area contributed by atoms with Gasteiger partial charge in [-0.05, 0) is 47.5 Å². The maximum atomic E-state index is 6.51. The van der Waals surface area contributed by atoms with E-state index in [0.717, 1.165) is 33.6 Å². The number of fused-ring (bicyclic) bond motifs is 5. The zero-order valence-corrected chi connectivity index (χ0v) is 17.5. The average Bonchev–Trinajstić information content (AvgIpc) is 3.23. The summed E-state index contributed by atoms with van der Waals surface area (Å²) in [6, 6.07) is 33.3. The summed E-state index contributed by atoms with van der Waals surface area (Å²) in [7, 11) is 0. The van der Waals surface area contributed by atoms with Crippen molar-refractivity contribution in [3.63, 3.8) is 0 Å². The SMILES string of the molecule is Clc1ccc2c(c1)[C@]1(c3ccccc3)Nc3ccc(Cl)cc3[C@]1(c1ccccc1)N2. The van der Waals surface area contributed by atoms with Gasteiger partial charge in [-0.25, -0.2) is 0 Å². The molecule has 2 nitrogen and oxygen atoms in total. The van der Waals surface area contributed by atoms with E-state index >= 15 is 0 Å². The van der Waals surface area contributed by atoms with Crippen molar-refractivity contribution in [1.82, 2.24) is 0 Å². The molecule has 146 valence electrons. The summed E-state index contributed by atoms with van der Waals surface area (Å²) in [4.78, 5) is 0. The molecule has 4 heteroatoms. The molecule has 6 rings (SSSR count). The second kappa shape index (κ2) is 6.28. The minimum Gasteiger partial charge on any atom is -0.369 e. The summed E-state index contributed by atoms with van der Waals surface area (Å²) in [6.45, 7) is 0. The number of halogens is 2. The number of benzene rings is 4. The highest BCUT2D eigenvalue weighted by Crippen LogP contribution is 2.64. The molecule has 2 aliphatic rings. The maximum Gasteiger partial charge on any atom is 0.122 e. The van der Waals surface area contributed by atoms with Crippen LogP contribution in [0, 0.1) is 0 Å². The van der Waals surface area contributed by atoms with Crippen molar-refractivity contribution < 1.29 is 0 Å². The van der Waals surface area contributed by atoms with Gasteiger partial charge in [-0.2, -0.15) is 0 Å². The van der Waals surface area contributed by atoms with Gasteiger partial charge in [0, 0.05) is 32.5 Å². The second-order valence-corrected chi connectivity index (χ2v) is 8.73. The van der Waals surface area contributed by atoms with Gasteiger partial charge in [-0.3, -0.25) is 0 Å². The van der Waals surface area contributed by atoms with Crippen LogP contribution in [0.3, 0.4) is 0 Å². The Kier molecular flexibility index (Phi) is 3.74. The van der Waals surface area contributed by atoms with Crippen molar-refractivity contribution in [3.8, 4) is 0 Å². The van der Waals surface area contributed by atoms with Crippen LogP contribution >= 0.6 is 23.2 Å². The van der Waals surface area contributed by atoms with Crippen LogP contribution in [-0.2, 0) is 11.1 Å². The van der Waals surface area contributed by atoms with Crippen LogP contribution < -0.4 is 10.6 Å². The Morgan fingerprint density at radius 1 is 0.500 bits per heavy atom. The monoisotopic (exact) mass is 428 g/mol. The summed E-state index contributed by atoms with van der Waals surface area (Å²) in [5, 5.41) is 9.22. The largest absolute Gasteiger partial charge is 0.369 e. The highest BCUT2D eigenvalue weighted by Gasteiger charge is 2.65. The van der Waals surface area contributed by atoms with Gasteiger partial charge in [0.25, 0.3) is 0 Å². The van der Waals surface area contributed by atoms with E-state index in [2.05, 4.69) is 83.4 Å². The summed E-state index contributed by atoms with van der Waals surface area (Å²) in [5.41, 5.74) is 5.53. The molecule has 4 aromatic carbocycles. The molecule has 0 saturated carbocycles. The van der Waals surface area contributed by atoms with E-state index in [1.165, 1.54) is 0 Å². The van der Waals surface area contributed by atoms with Crippen LogP contribution in [0.4, 0.5) is 11.4 Å². The fourth-order valence-electron chi connectivity index (χ4n) is 5.27. The van der Waals surface area contributed by atoms with Crippen LogP contribution in [0.2, 0.25) is 10.0 Å². The average molecular weight is 429 g/mol. The number of nitrogens with one attached hydrogen (secondary N) is 2. The third kappa shape index (κ3) is 2.15. The minimum absolute atomic E-state index is 0.580. The third-order valence-corrected chi connectivity index (χ3v) is 6.86. The van der Waals surface area contributed by atoms with Gasteiger partial charge in [0.1, 0.15) is 11.1 Å². The predicted molar refractivity (Wildman–Crippen MR) is 125 cm³/mol. The third-order valence-electron chi connectivity index (χ3n) is 6.39. The summed E-state index contributed by atoms with van der Waals surface area (Å²) >= 11 is 13.0. The van der Waals surface area contributed by atoms with E-state index < -0.39 is 11.1 Å². The summed E-state index contributed by atoms with van der Waals surface area (Å²) in [6.07, 6.45) is 0. The molecular weight excluding hydrogens is 411 g/mol. The van der Waals surface area contributed by atoms with Crippen molar-refractivity contribution in [1.29, 1.82) is 0 Å². The lowest BCUT2D eigenvalue weighted by Crippen LogP contribution is -2.51. The molecule has 0 unspecified atom stereocenters. The fourth-order valence-corrected chi connectivity index (χ4v) is 5.61. The summed E-state index contributed by atoms with van der Waals surface area (Å²) in [5.74, 6) is 0. The van der Waals surface area contributed by atoms with Crippen molar-refractivity contribution >= 4 is 34.6 Å². The van der Waals surface area contributed by atoms with E-state index in [1.54, 1.807) is 0 Å². The smallest absolute Gasteiger partial charge is 0.122 e. The van der Waals surface area contributed by atoms with Crippen LogP contribution in [0.25, 0.3) is 0 Å². The topological polar surface area (TPSA) is 24.1 Å². The van der Waals surface area contributed by atoms with Gasteiger partial charge in [-0.15, -0.1) is 0 Å². The first-order valence-corrected chi connectivity index (χ1v) is 10.7. The quantitative estimate of drug-likeness (QED) is 0.357. The molecule has 2 heterocycles. The second-order valence-electron chi connectivity index (χ2n) is 7.86. The fraction of sp³-hybridized carbons (Fsp3) is 0.0769. The lowest BCUT2D eigenvalue weighted by atomic mass is 9.66. The Morgan fingerprint density at radius 2 is 0.900 bits per heavy atom. The molecule has 0 spiro atoms. The first-order valence-electron chi connectivity index (χ1n) is 9.93. The Morgan fingerprint density at radius 3 is 1.30 bits per heavy atom. The normalized spacial score (nSPS) is 23.1. The molecular formula is C26H18Cl2N2. The lowest BCUT2D eigenvalue weighted by molar-refractivity contribution is 0.439. The van der Waals surface area contributed by atoms with Crippen LogP contribution in [0.1, 0.15) is 22.3 Å². The number of rotatable bonds is 2.